The number of carboxylic acid groups (broad SMARTS) is 1. The van der Waals surface area contributed by atoms with Crippen LogP contribution in [0.1, 0.15) is 39.5 Å². The van der Waals surface area contributed by atoms with Crippen molar-refractivity contribution in [2.24, 2.45) is 0 Å². The van der Waals surface area contributed by atoms with E-state index in [1.165, 1.54) is 6.33 Å². The second-order valence-electron chi connectivity index (χ2n) is 4.68. The van der Waals surface area contributed by atoms with Crippen molar-refractivity contribution in [3.63, 3.8) is 0 Å². The largest absolute Gasteiger partial charge is 0.480 e. The van der Waals surface area contributed by atoms with Gasteiger partial charge in [0, 0.05) is 6.54 Å². The molecule has 1 unspecified atom stereocenters. The minimum absolute atomic E-state index is 0.622. The number of aromatic nitrogens is 3. The average Bonchev–Trinajstić information content (AvgIpc) is 2.85. The quantitative estimate of drug-likeness (QED) is 0.649. The van der Waals surface area contributed by atoms with Crippen molar-refractivity contribution in [2.75, 3.05) is 6.54 Å². The Kier molecular flexibility index (Phi) is 5.77. The van der Waals surface area contributed by atoms with Crippen molar-refractivity contribution in [3.8, 4) is 0 Å². The Morgan fingerprint density at radius 1 is 1.50 bits per heavy atom. The molecule has 0 saturated carbocycles. The maximum atomic E-state index is 11.3. The maximum Gasteiger partial charge on any atom is 0.323 e. The normalized spacial score (nSPS) is 14.3. The molecular formula is C12H22N4O2. The number of unbranched alkanes of at least 4 members (excludes halogenated alkanes) is 1. The van der Waals surface area contributed by atoms with Gasteiger partial charge in [0.25, 0.3) is 0 Å². The first-order valence-corrected chi connectivity index (χ1v) is 6.39. The van der Waals surface area contributed by atoms with Crippen LogP contribution >= 0.6 is 0 Å². The standard InChI is InChI=1S/C12H22N4O2/c1-3-7-14-12(2,11(17)18)6-4-5-8-16-10-13-9-15-16/h9-10,14H,3-8H2,1-2H3,(H,17,18). The third-order valence-corrected chi connectivity index (χ3v) is 3.02. The van der Waals surface area contributed by atoms with Crippen LogP contribution in [0.2, 0.25) is 0 Å². The summed E-state index contributed by atoms with van der Waals surface area (Å²) in [6, 6.07) is 0. The second kappa shape index (κ2) is 7.10. The van der Waals surface area contributed by atoms with E-state index in [0.29, 0.717) is 6.42 Å². The lowest BCUT2D eigenvalue weighted by Gasteiger charge is -2.26. The van der Waals surface area contributed by atoms with E-state index in [1.54, 1.807) is 17.9 Å². The van der Waals surface area contributed by atoms with Gasteiger partial charge < -0.3 is 10.4 Å². The summed E-state index contributed by atoms with van der Waals surface area (Å²) in [4.78, 5) is 15.1. The number of hydrogen-bond acceptors (Lipinski definition) is 4. The molecule has 0 amide bonds. The Hall–Kier alpha value is -1.43. The third kappa shape index (κ3) is 4.44. The van der Waals surface area contributed by atoms with Gasteiger partial charge in [-0.15, -0.1) is 0 Å². The van der Waals surface area contributed by atoms with E-state index in [0.717, 1.165) is 32.4 Å². The summed E-state index contributed by atoms with van der Waals surface area (Å²) < 4.78 is 1.76. The smallest absolute Gasteiger partial charge is 0.323 e. The van der Waals surface area contributed by atoms with Crippen LogP contribution in [0.3, 0.4) is 0 Å². The molecule has 0 aliphatic carbocycles. The highest BCUT2D eigenvalue weighted by Crippen LogP contribution is 2.14. The van der Waals surface area contributed by atoms with E-state index in [2.05, 4.69) is 15.4 Å². The second-order valence-corrected chi connectivity index (χ2v) is 4.68. The molecule has 102 valence electrons. The van der Waals surface area contributed by atoms with Gasteiger partial charge in [-0.2, -0.15) is 5.10 Å². The monoisotopic (exact) mass is 254 g/mol. The van der Waals surface area contributed by atoms with Crippen LogP contribution in [0.5, 0.6) is 0 Å². The number of carbonyl (C=O) groups is 1. The zero-order valence-corrected chi connectivity index (χ0v) is 11.1. The summed E-state index contributed by atoms with van der Waals surface area (Å²) in [5.74, 6) is -0.781. The van der Waals surface area contributed by atoms with Gasteiger partial charge in [0.2, 0.25) is 0 Å². The number of aryl methyl sites for hydroxylation is 1. The number of hydrogen-bond donors (Lipinski definition) is 2. The highest BCUT2D eigenvalue weighted by Gasteiger charge is 2.31. The molecule has 1 rings (SSSR count). The van der Waals surface area contributed by atoms with Gasteiger partial charge in [-0.05, 0) is 39.2 Å². The lowest BCUT2D eigenvalue weighted by atomic mass is 9.94. The van der Waals surface area contributed by atoms with E-state index in [9.17, 15) is 9.90 Å². The molecule has 0 saturated heterocycles. The van der Waals surface area contributed by atoms with Crippen molar-refractivity contribution in [3.05, 3.63) is 12.7 Å². The van der Waals surface area contributed by atoms with Crippen LogP contribution in [0.25, 0.3) is 0 Å². The number of rotatable bonds is 9. The van der Waals surface area contributed by atoms with Crippen LogP contribution in [-0.2, 0) is 11.3 Å². The molecule has 0 fully saturated rings. The van der Waals surface area contributed by atoms with E-state index in [4.69, 9.17) is 0 Å². The van der Waals surface area contributed by atoms with Gasteiger partial charge in [0.1, 0.15) is 18.2 Å². The van der Waals surface area contributed by atoms with Crippen molar-refractivity contribution < 1.29 is 9.90 Å². The molecule has 0 aliphatic heterocycles. The van der Waals surface area contributed by atoms with E-state index in [-0.39, 0.29) is 0 Å². The molecule has 1 aromatic heterocycles. The Morgan fingerprint density at radius 2 is 2.28 bits per heavy atom. The van der Waals surface area contributed by atoms with Crippen molar-refractivity contribution in [1.29, 1.82) is 0 Å². The van der Waals surface area contributed by atoms with Gasteiger partial charge in [-0.3, -0.25) is 9.48 Å². The van der Waals surface area contributed by atoms with Crippen molar-refractivity contribution >= 4 is 5.97 Å². The van der Waals surface area contributed by atoms with Gasteiger partial charge in [-0.25, -0.2) is 4.98 Å². The number of nitrogens with one attached hydrogen (secondary N) is 1. The van der Waals surface area contributed by atoms with Crippen LogP contribution < -0.4 is 5.32 Å². The lowest BCUT2D eigenvalue weighted by molar-refractivity contribution is -0.144. The predicted octanol–water partition coefficient (Wildman–Crippen LogP) is 1.29. The van der Waals surface area contributed by atoms with Gasteiger partial charge in [0.15, 0.2) is 0 Å². The molecule has 0 aromatic carbocycles. The Bertz CT molecular complexity index is 353. The maximum absolute atomic E-state index is 11.3. The fourth-order valence-electron chi connectivity index (χ4n) is 1.77. The lowest BCUT2D eigenvalue weighted by Crippen LogP contribution is -2.49. The van der Waals surface area contributed by atoms with Crippen LogP contribution in [-0.4, -0.2) is 37.9 Å². The highest BCUT2D eigenvalue weighted by molar-refractivity contribution is 5.78. The minimum atomic E-state index is -0.821. The summed E-state index contributed by atoms with van der Waals surface area (Å²) in [7, 11) is 0. The Morgan fingerprint density at radius 3 is 2.83 bits per heavy atom. The number of nitrogens with zero attached hydrogens (tertiary/aromatic N) is 3. The summed E-state index contributed by atoms with van der Waals surface area (Å²) in [5, 5.41) is 16.4. The van der Waals surface area contributed by atoms with Crippen molar-refractivity contribution in [2.45, 2.75) is 51.6 Å². The Balaban J connectivity index is 2.31. The summed E-state index contributed by atoms with van der Waals surface area (Å²) in [6.45, 7) is 5.29. The first-order valence-electron chi connectivity index (χ1n) is 6.39. The molecule has 18 heavy (non-hydrogen) atoms. The predicted molar refractivity (Wildman–Crippen MR) is 68.2 cm³/mol. The zero-order valence-electron chi connectivity index (χ0n) is 11.1. The number of carboxylic acids is 1. The van der Waals surface area contributed by atoms with Crippen molar-refractivity contribution in [1.82, 2.24) is 20.1 Å². The van der Waals surface area contributed by atoms with Crippen LogP contribution in [0, 0.1) is 0 Å². The molecule has 1 aromatic rings. The Labute approximate surface area is 107 Å². The van der Waals surface area contributed by atoms with Crippen LogP contribution in [0.15, 0.2) is 12.7 Å². The fraction of sp³-hybridized carbons (Fsp3) is 0.750. The molecule has 0 spiro atoms. The van der Waals surface area contributed by atoms with E-state index < -0.39 is 11.5 Å². The molecule has 1 heterocycles. The fourth-order valence-corrected chi connectivity index (χ4v) is 1.77. The highest BCUT2D eigenvalue weighted by atomic mass is 16.4. The van der Waals surface area contributed by atoms with E-state index >= 15 is 0 Å². The molecule has 1 atom stereocenters. The third-order valence-electron chi connectivity index (χ3n) is 3.02. The first kappa shape index (κ1) is 14.6. The van der Waals surface area contributed by atoms with Gasteiger partial charge in [-0.1, -0.05) is 6.92 Å². The summed E-state index contributed by atoms with van der Waals surface area (Å²) >= 11 is 0. The molecule has 0 aliphatic rings. The SMILES string of the molecule is CCCNC(C)(CCCCn1cncn1)C(=O)O. The zero-order chi connectivity index (χ0) is 13.4. The molecule has 0 bridgehead atoms. The molecule has 6 heteroatoms. The number of aliphatic carboxylic acids is 1. The van der Waals surface area contributed by atoms with Crippen LogP contribution in [0.4, 0.5) is 0 Å². The average molecular weight is 254 g/mol. The molecular weight excluding hydrogens is 232 g/mol. The summed E-state index contributed by atoms with van der Waals surface area (Å²) in [5.41, 5.74) is -0.821. The molecule has 6 nitrogen and oxygen atoms in total. The molecule has 2 N–H and O–H groups in total. The van der Waals surface area contributed by atoms with Gasteiger partial charge >= 0.3 is 5.97 Å². The minimum Gasteiger partial charge on any atom is -0.480 e. The van der Waals surface area contributed by atoms with E-state index in [1.807, 2.05) is 6.92 Å². The first-order chi connectivity index (χ1) is 8.58. The topological polar surface area (TPSA) is 80.0 Å². The summed E-state index contributed by atoms with van der Waals surface area (Å²) in [6.07, 6.45) is 6.48. The van der Waals surface area contributed by atoms with Gasteiger partial charge in [0.05, 0.1) is 0 Å². The molecule has 0 radical (unpaired) electrons.